The largest absolute Gasteiger partial charge is 0.309 e. The smallest absolute Gasteiger partial charge is 0.0555 e. The van der Waals surface area contributed by atoms with Crippen molar-refractivity contribution in [1.29, 1.82) is 0 Å². The molecule has 7 rings (SSSR count). The Bertz CT molecular complexity index is 1830. The van der Waals surface area contributed by atoms with Crippen molar-refractivity contribution in [3.8, 4) is 16.8 Å². The standard InChI is InChI=1S/C30H18ClNS/c31-21-11-13-23-25-16-20(19-6-2-1-3-7-19)10-14-27(25)32(28(23)17-21)22-12-15-30-26(18-22)24-8-4-5-9-29(24)33-30/h1-18H. The first-order valence-electron chi connectivity index (χ1n) is 11.0. The summed E-state index contributed by atoms with van der Waals surface area (Å²) >= 11 is 8.32. The maximum absolute atomic E-state index is 6.48. The van der Waals surface area contributed by atoms with Gasteiger partial charge >= 0.3 is 0 Å². The number of benzene rings is 5. The lowest BCUT2D eigenvalue weighted by molar-refractivity contribution is 1.19. The number of fused-ring (bicyclic) bond motifs is 6. The van der Waals surface area contributed by atoms with Crippen molar-refractivity contribution in [3.63, 3.8) is 0 Å². The van der Waals surface area contributed by atoms with E-state index >= 15 is 0 Å². The minimum Gasteiger partial charge on any atom is -0.309 e. The van der Waals surface area contributed by atoms with Crippen LogP contribution in [0.5, 0.6) is 0 Å². The molecule has 0 unspecified atom stereocenters. The summed E-state index contributed by atoms with van der Waals surface area (Å²) in [6.45, 7) is 0. The van der Waals surface area contributed by atoms with Crippen LogP contribution in [0.3, 0.4) is 0 Å². The van der Waals surface area contributed by atoms with E-state index in [0.717, 1.165) is 16.2 Å². The van der Waals surface area contributed by atoms with Gasteiger partial charge < -0.3 is 4.57 Å². The molecule has 1 nitrogen and oxygen atoms in total. The SMILES string of the molecule is Clc1ccc2c3cc(-c4ccccc4)ccc3n(-c3ccc4sc5ccccc5c4c3)c2c1. The van der Waals surface area contributed by atoms with Crippen LogP contribution in [0.4, 0.5) is 0 Å². The van der Waals surface area contributed by atoms with E-state index in [1.165, 1.54) is 47.6 Å². The van der Waals surface area contributed by atoms with Crippen molar-refractivity contribution >= 4 is 64.9 Å². The molecule has 0 atom stereocenters. The molecule has 156 valence electrons. The number of rotatable bonds is 2. The number of halogens is 1. The average Bonchev–Trinajstić information content (AvgIpc) is 3.38. The van der Waals surface area contributed by atoms with Crippen molar-refractivity contribution < 1.29 is 0 Å². The molecule has 0 spiro atoms. The molecule has 0 aliphatic carbocycles. The van der Waals surface area contributed by atoms with Crippen molar-refractivity contribution in [2.45, 2.75) is 0 Å². The number of hydrogen-bond donors (Lipinski definition) is 0. The average molecular weight is 460 g/mol. The minimum absolute atomic E-state index is 0.747. The second-order valence-electron chi connectivity index (χ2n) is 8.37. The van der Waals surface area contributed by atoms with Gasteiger partial charge in [0.05, 0.1) is 11.0 Å². The van der Waals surface area contributed by atoms with E-state index in [9.17, 15) is 0 Å². The molecule has 0 saturated heterocycles. The van der Waals surface area contributed by atoms with E-state index in [-0.39, 0.29) is 0 Å². The van der Waals surface area contributed by atoms with Crippen LogP contribution in [0.2, 0.25) is 5.02 Å². The third kappa shape index (κ3) is 2.92. The fourth-order valence-electron chi connectivity index (χ4n) is 4.94. The van der Waals surface area contributed by atoms with Gasteiger partial charge in [0.25, 0.3) is 0 Å². The van der Waals surface area contributed by atoms with Gasteiger partial charge in [0.2, 0.25) is 0 Å². The molecule has 0 aliphatic heterocycles. The maximum atomic E-state index is 6.48. The summed E-state index contributed by atoms with van der Waals surface area (Å²) in [6.07, 6.45) is 0. The molecular formula is C30H18ClNS. The third-order valence-corrected chi connectivity index (χ3v) is 7.84. The molecule has 0 radical (unpaired) electrons. The topological polar surface area (TPSA) is 4.93 Å². The van der Waals surface area contributed by atoms with Crippen LogP contribution in [0.25, 0.3) is 58.8 Å². The van der Waals surface area contributed by atoms with E-state index in [1.807, 2.05) is 17.4 Å². The Hall–Kier alpha value is -3.59. The Balaban J connectivity index is 1.55. The molecule has 0 N–H and O–H groups in total. The third-order valence-electron chi connectivity index (χ3n) is 6.45. The molecular weight excluding hydrogens is 442 g/mol. The summed E-state index contributed by atoms with van der Waals surface area (Å²) < 4.78 is 4.98. The van der Waals surface area contributed by atoms with Gasteiger partial charge in [-0.1, -0.05) is 72.3 Å². The van der Waals surface area contributed by atoms with E-state index in [1.54, 1.807) is 0 Å². The summed E-state index contributed by atoms with van der Waals surface area (Å²) in [4.78, 5) is 0. The van der Waals surface area contributed by atoms with Crippen molar-refractivity contribution in [2.75, 3.05) is 0 Å². The van der Waals surface area contributed by atoms with E-state index in [4.69, 9.17) is 11.6 Å². The van der Waals surface area contributed by atoms with Crippen LogP contribution in [-0.2, 0) is 0 Å². The second kappa shape index (κ2) is 7.21. The highest BCUT2D eigenvalue weighted by Gasteiger charge is 2.15. The summed E-state index contributed by atoms with van der Waals surface area (Å²) in [6, 6.07) is 38.9. The van der Waals surface area contributed by atoms with Crippen LogP contribution in [-0.4, -0.2) is 4.57 Å². The zero-order chi connectivity index (χ0) is 21.9. The highest BCUT2D eigenvalue weighted by Crippen LogP contribution is 2.39. The number of nitrogens with zero attached hydrogens (tertiary/aromatic N) is 1. The monoisotopic (exact) mass is 459 g/mol. The number of hydrogen-bond acceptors (Lipinski definition) is 1. The van der Waals surface area contributed by atoms with Gasteiger partial charge in [0, 0.05) is 41.7 Å². The van der Waals surface area contributed by atoms with E-state index in [0.29, 0.717) is 0 Å². The minimum atomic E-state index is 0.747. The Morgan fingerprint density at radius 2 is 1.33 bits per heavy atom. The van der Waals surface area contributed by atoms with Crippen LogP contribution in [0.1, 0.15) is 0 Å². The molecule has 0 aliphatic rings. The molecule has 0 saturated carbocycles. The van der Waals surface area contributed by atoms with Crippen molar-refractivity contribution in [2.24, 2.45) is 0 Å². The summed E-state index contributed by atoms with van der Waals surface area (Å²) in [5.41, 5.74) is 5.91. The molecule has 0 amide bonds. The maximum Gasteiger partial charge on any atom is 0.0555 e. The van der Waals surface area contributed by atoms with Gasteiger partial charge in [-0.3, -0.25) is 0 Å². The first-order chi connectivity index (χ1) is 16.3. The van der Waals surface area contributed by atoms with Crippen LogP contribution >= 0.6 is 22.9 Å². The molecule has 0 fully saturated rings. The first kappa shape index (κ1) is 18.9. The number of thiophene rings is 1. The molecule has 5 aromatic carbocycles. The van der Waals surface area contributed by atoms with Crippen LogP contribution < -0.4 is 0 Å². The van der Waals surface area contributed by atoms with Crippen LogP contribution in [0, 0.1) is 0 Å². The fourth-order valence-corrected chi connectivity index (χ4v) is 6.19. The predicted molar refractivity (Wildman–Crippen MR) is 144 cm³/mol. The lowest BCUT2D eigenvalue weighted by Crippen LogP contribution is -1.93. The van der Waals surface area contributed by atoms with Crippen molar-refractivity contribution in [3.05, 3.63) is 114 Å². The molecule has 7 aromatic rings. The number of aromatic nitrogens is 1. The van der Waals surface area contributed by atoms with Gasteiger partial charge in [-0.05, 0) is 59.7 Å². The summed E-state index contributed by atoms with van der Waals surface area (Å²) in [7, 11) is 0. The highest BCUT2D eigenvalue weighted by atomic mass is 35.5. The van der Waals surface area contributed by atoms with Crippen LogP contribution in [0.15, 0.2) is 109 Å². The molecule has 33 heavy (non-hydrogen) atoms. The van der Waals surface area contributed by atoms with Gasteiger partial charge in [-0.15, -0.1) is 11.3 Å². The lowest BCUT2D eigenvalue weighted by atomic mass is 10.0. The second-order valence-corrected chi connectivity index (χ2v) is 9.89. The summed E-state index contributed by atoms with van der Waals surface area (Å²) in [5, 5.41) is 5.80. The normalized spacial score (nSPS) is 11.8. The van der Waals surface area contributed by atoms with Gasteiger partial charge in [0.1, 0.15) is 0 Å². The lowest BCUT2D eigenvalue weighted by Gasteiger charge is -2.09. The Kier molecular flexibility index (Phi) is 4.14. The van der Waals surface area contributed by atoms with Gasteiger partial charge in [-0.2, -0.15) is 0 Å². The van der Waals surface area contributed by atoms with Gasteiger partial charge in [0.15, 0.2) is 0 Å². The van der Waals surface area contributed by atoms with E-state index in [2.05, 4.69) is 108 Å². The predicted octanol–water partition coefficient (Wildman–Crippen LogP) is 9.47. The Morgan fingerprint density at radius 1 is 0.515 bits per heavy atom. The van der Waals surface area contributed by atoms with E-state index < -0.39 is 0 Å². The zero-order valence-electron chi connectivity index (χ0n) is 17.6. The molecule has 0 bridgehead atoms. The molecule has 2 aromatic heterocycles. The Morgan fingerprint density at radius 3 is 2.24 bits per heavy atom. The zero-order valence-corrected chi connectivity index (χ0v) is 19.2. The van der Waals surface area contributed by atoms with Gasteiger partial charge in [-0.25, -0.2) is 0 Å². The quantitative estimate of drug-likeness (QED) is 0.242. The molecule has 3 heteroatoms. The first-order valence-corrected chi connectivity index (χ1v) is 12.2. The van der Waals surface area contributed by atoms with Crippen molar-refractivity contribution in [1.82, 2.24) is 4.57 Å². The fraction of sp³-hybridized carbons (Fsp3) is 0. The summed E-state index contributed by atoms with van der Waals surface area (Å²) in [5.74, 6) is 0. The Labute approximate surface area is 200 Å². The molecule has 2 heterocycles. The highest BCUT2D eigenvalue weighted by molar-refractivity contribution is 7.25.